The predicted octanol–water partition coefficient (Wildman–Crippen LogP) is 6.89. The number of carbonyl (C=O) groups excluding carboxylic acids is 1. The van der Waals surface area contributed by atoms with E-state index < -0.39 is 0 Å². The van der Waals surface area contributed by atoms with Gasteiger partial charge in [-0.25, -0.2) is 9.78 Å². The number of nitrogens with zero attached hydrogens (tertiary/aromatic N) is 1. The first kappa shape index (κ1) is 22.8. The highest BCUT2D eigenvalue weighted by atomic mass is 32.1. The zero-order valence-electron chi connectivity index (χ0n) is 18.5. The Morgan fingerprint density at radius 1 is 0.968 bits per heavy atom. The van der Waals surface area contributed by atoms with Gasteiger partial charge in [0.15, 0.2) is 0 Å². The summed E-state index contributed by atoms with van der Waals surface area (Å²) in [6, 6.07) is 15.7. The molecule has 0 aliphatic heterocycles. The molecule has 31 heavy (non-hydrogen) atoms. The van der Waals surface area contributed by atoms with Crippen molar-refractivity contribution in [3.63, 3.8) is 0 Å². The Hall–Kier alpha value is -2.86. The number of carbonyl (C=O) groups is 1. The van der Waals surface area contributed by atoms with E-state index in [2.05, 4.69) is 17.6 Å². The topological polar surface area (TPSA) is 63.2 Å². The molecule has 0 spiro atoms. The van der Waals surface area contributed by atoms with E-state index in [4.69, 9.17) is 9.72 Å². The normalized spacial score (nSPS) is 10.7. The Morgan fingerprint density at radius 3 is 2.32 bits per heavy atom. The molecular formula is C25H31N3O2S. The fourth-order valence-corrected chi connectivity index (χ4v) is 4.32. The van der Waals surface area contributed by atoms with E-state index >= 15 is 0 Å². The van der Waals surface area contributed by atoms with Crippen LogP contribution in [0, 0.1) is 6.92 Å². The standard InChI is InChI=1S/C25H31N3O2S/c1-4-5-6-7-8-17-26-25(29)28-21-13-9-20(10-14-21)24-23(27-18(2)31-24)19-11-15-22(30-3)16-12-19/h9-16H,4-8,17H2,1-3H3,(H2,26,28,29). The van der Waals surface area contributed by atoms with Crippen molar-refractivity contribution < 1.29 is 9.53 Å². The summed E-state index contributed by atoms with van der Waals surface area (Å²) in [7, 11) is 1.66. The van der Waals surface area contributed by atoms with Gasteiger partial charge in [-0.3, -0.25) is 0 Å². The quantitative estimate of drug-likeness (QED) is 0.340. The van der Waals surface area contributed by atoms with Crippen molar-refractivity contribution in [3.8, 4) is 27.4 Å². The highest BCUT2D eigenvalue weighted by Crippen LogP contribution is 2.37. The van der Waals surface area contributed by atoms with Gasteiger partial charge in [0.25, 0.3) is 0 Å². The van der Waals surface area contributed by atoms with Crippen LogP contribution in [0.5, 0.6) is 5.75 Å². The third-order valence-corrected chi connectivity index (χ3v) is 6.09. The van der Waals surface area contributed by atoms with E-state index in [0.717, 1.165) is 51.0 Å². The summed E-state index contributed by atoms with van der Waals surface area (Å²) < 4.78 is 5.26. The number of hydrogen-bond donors (Lipinski definition) is 2. The smallest absolute Gasteiger partial charge is 0.319 e. The lowest BCUT2D eigenvalue weighted by molar-refractivity contribution is 0.252. The highest BCUT2D eigenvalue weighted by molar-refractivity contribution is 7.15. The molecule has 0 fully saturated rings. The van der Waals surface area contributed by atoms with Crippen molar-refractivity contribution >= 4 is 23.1 Å². The summed E-state index contributed by atoms with van der Waals surface area (Å²) in [6.45, 7) is 4.93. The number of anilines is 1. The molecule has 2 amide bonds. The Labute approximate surface area is 188 Å². The van der Waals surface area contributed by atoms with Gasteiger partial charge in [-0.2, -0.15) is 0 Å². The molecule has 2 aromatic carbocycles. The van der Waals surface area contributed by atoms with Gasteiger partial charge in [0.1, 0.15) is 5.75 Å². The molecule has 0 radical (unpaired) electrons. The lowest BCUT2D eigenvalue weighted by Gasteiger charge is -2.09. The maximum atomic E-state index is 12.1. The summed E-state index contributed by atoms with van der Waals surface area (Å²) in [5, 5.41) is 6.86. The van der Waals surface area contributed by atoms with E-state index in [9.17, 15) is 4.79 Å². The van der Waals surface area contributed by atoms with Gasteiger partial charge < -0.3 is 15.4 Å². The Morgan fingerprint density at radius 2 is 1.65 bits per heavy atom. The molecule has 0 unspecified atom stereocenters. The van der Waals surface area contributed by atoms with Gasteiger partial charge in [-0.05, 0) is 55.3 Å². The minimum atomic E-state index is -0.157. The number of aryl methyl sites for hydroxylation is 1. The van der Waals surface area contributed by atoms with Gasteiger partial charge >= 0.3 is 6.03 Å². The van der Waals surface area contributed by atoms with Gasteiger partial charge in [0.2, 0.25) is 0 Å². The number of aromatic nitrogens is 1. The fraction of sp³-hybridized carbons (Fsp3) is 0.360. The highest BCUT2D eigenvalue weighted by Gasteiger charge is 2.14. The molecule has 1 aromatic heterocycles. The molecule has 2 N–H and O–H groups in total. The first-order valence-corrected chi connectivity index (χ1v) is 11.7. The molecule has 0 saturated carbocycles. The van der Waals surface area contributed by atoms with Crippen molar-refractivity contribution in [2.45, 2.75) is 46.0 Å². The molecule has 0 saturated heterocycles. The molecule has 1 heterocycles. The van der Waals surface area contributed by atoms with Crippen LogP contribution in [-0.2, 0) is 0 Å². The molecule has 0 bridgehead atoms. The Bertz CT molecular complexity index is 965. The average molecular weight is 438 g/mol. The lowest BCUT2D eigenvalue weighted by Crippen LogP contribution is -2.29. The molecule has 6 heteroatoms. The lowest BCUT2D eigenvalue weighted by atomic mass is 10.1. The van der Waals surface area contributed by atoms with Crippen molar-refractivity contribution in [3.05, 3.63) is 53.5 Å². The van der Waals surface area contributed by atoms with Crippen LogP contribution in [0.2, 0.25) is 0 Å². The maximum Gasteiger partial charge on any atom is 0.319 e. The second-order valence-electron chi connectivity index (χ2n) is 7.51. The van der Waals surface area contributed by atoms with Crippen LogP contribution in [0.1, 0.15) is 44.0 Å². The van der Waals surface area contributed by atoms with Crippen LogP contribution in [0.3, 0.4) is 0 Å². The number of urea groups is 1. The summed E-state index contributed by atoms with van der Waals surface area (Å²) in [4.78, 5) is 18.0. The Balaban J connectivity index is 1.62. The molecule has 3 rings (SSSR count). The number of amides is 2. The number of unbranched alkanes of at least 4 members (excludes halogenated alkanes) is 4. The third kappa shape index (κ3) is 6.56. The van der Waals surface area contributed by atoms with Crippen LogP contribution >= 0.6 is 11.3 Å². The number of methoxy groups -OCH3 is 1. The molecule has 0 atom stereocenters. The average Bonchev–Trinajstić information content (AvgIpc) is 3.18. The molecular weight excluding hydrogens is 406 g/mol. The van der Waals surface area contributed by atoms with Gasteiger partial charge in [-0.15, -0.1) is 11.3 Å². The first-order chi connectivity index (χ1) is 15.1. The van der Waals surface area contributed by atoms with E-state index in [1.54, 1.807) is 18.4 Å². The second kappa shape index (κ2) is 11.5. The van der Waals surface area contributed by atoms with Crippen molar-refractivity contribution in [1.82, 2.24) is 10.3 Å². The van der Waals surface area contributed by atoms with E-state index in [1.165, 1.54) is 19.3 Å². The predicted molar refractivity (Wildman–Crippen MR) is 130 cm³/mol. The largest absolute Gasteiger partial charge is 0.497 e. The molecule has 0 aliphatic rings. The number of ether oxygens (including phenoxy) is 1. The molecule has 164 valence electrons. The molecule has 5 nitrogen and oxygen atoms in total. The number of nitrogens with one attached hydrogen (secondary N) is 2. The molecule has 3 aromatic rings. The molecule has 0 aliphatic carbocycles. The van der Waals surface area contributed by atoms with Gasteiger partial charge in [-0.1, -0.05) is 44.7 Å². The number of benzene rings is 2. The van der Waals surface area contributed by atoms with E-state index in [1.807, 2.05) is 55.5 Å². The summed E-state index contributed by atoms with van der Waals surface area (Å²) >= 11 is 1.67. The zero-order valence-corrected chi connectivity index (χ0v) is 19.3. The Kier molecular flexibility index (Phi) is 8.47. The van der Waals surface area contributed by atoms with Crippen LogP contribution in [0.15, 0.2) is 48.5 Å². The minimum absolute atomic E-state index is 0.157. The van der Waals surface area contributed by atoms with E-state index in [0.29, 0.717) is 6.54 Å². The minimum Gasteiger partial charge on any atom is -0.497 e. The van der Waals surface area contributed by atoms with Crippen molar-refractivity contribution in [2.75, 3.05) is 19.0 Å². The van der Waals surface area contributed by atoms with Crippen molar-refractivity contribution in [1.29, 1.82) is 0 Å². The van der Waals surface area contributed by atoms with E-state index in [-0.39, 0.29) is 6.03 Å². The zero-order chi connectivity index (χ0) is 22.1. The number of thiazole rings is 1. The summed E-state index contributed by atoms with van der Waals surface area (Å²) in [5.74, 6) is 0.826. The van der Waals surface area contributed by atoms with Crippen molar-refractivity contribution in [2.24, 2.45) is 0 Å². The summed E-state index contributed by atoms with van der Waals surface area (Å²) in [6.07, 6.45) is 5.90. The van der Waals surface area contributed by atoms with Gasteiger partial charge in [0, 0.05) is 17.8 Å². The fourth-order valence-electron chi connectivity index (χ4n) is 3.38. The number of rotatable bonds is 10. The third-order valence-electron chi connectivity index (χ3n) is 5.07. The van der Waals surface area contributed by atoms with Crippen LogP contribution in [-0.4, -0.2) is 24.7 Å². The second-order valence-corrected chi connectivity index (χ2v) is 8.71. The summed E-state index contributed by atoms with van der Waals surface area (Å²) in [5.41, 5.74) is 3.88. The van der Waals surface area contributed by atoms with Crippen LogP contribution in [0.25, 0.3) is 21.7 Å². The first-order valence-electron chi connectivity index (χ1n) is 10.9. The van der Waals surface area contributed by atoms with Crippen LogP contribution in [0.4, 0.5) is 10.5 Å². The number of hydrogen-bond acceptors (Lipinski definition) is 4. The monoisotopic (exact) mass is 437 g/mol. The van der Waals surface area contributed by atoms with Crippen LogP contribution < -0.4 is 15.4 Å². The maximum absolute atomic E-state index is 12.1. The van der Waals surface area contributed by atoms with Gasteiger partial charge in [0.05, 0.1) is 22.7 Å². The SMILES string of the molecule is CCCCCCCNC(=O)Nc1ccc(-c2sc(C)nc2-c2ccc(OC)cc2)cc1.